The summed E-state index contributed by atoms with van der Waals surface area (Å²) in [4.78, 5) is 27.9. The standard InChI is InChI=1S/C23H27N3O4S/c1-12-17(21(28)29-7)13(2)24-18(12)19(27)14(3)31-22-26-25-20(30-22)15-8-10-16(11-9-15)23(4,5)6/h8-11,14,24H,1-7H3. The summed E-state index contributed by atoms with van der Waals surface area (Å²) in [5, 5.41) is 8.01. The molecule has 8 heteroatoms. The predicted octanol–water partition coefficient (Wildman–Crippen LogP) is 5.13. The lowest BCUT2D eigenvalue weighted by molar-refractivity contribution is 0.0599. The topological polar surface area (TPSA) is 98.1 Å². The van der Waals surface area contributed by atoms with Gasteiger partial charge >= 0.3 is 5.97 Å². The molecule has 3 rings (SSSR count). The van der Waals surface area contributed by atoms with Crippen LogP contribution in [0.2, 0.25) is 0 Å². The Morgan fingerprint density at radius 2 is 1.77 bits per heavy atom. The van der Waals surface area contributed by atoms with Crippen LogP contribution in [-0.2, 0) is 10.2 Å². The van der Waals surface area contributed by atoms with E-state index in [9.17, 15) is 9.59 Å². The SMILES string of the molecule is COC(=O)c1c(C)[nH]c(C(=O)C(C)Sc2nnc(-c3ccc(C(C)(C)C)cc3)o2)c1C. The van der Waals surface area contributed by atoms with Crippen molar-refractivity contribution in [2.24, 2.45) is 0 Å². The summed E-state index contributed by atoms with van der Waals surface area (Å²) in [6.07, 6.45) is 0. The molecule has 0 aliphatic carbocycles. The Balaban J connectivity index is 1.75. The highest BCUT2D eigenvalue weighted by Crippen LogP contribution is 2.30. The van der Waals surface area contributed by atoms with Gasteiger partial charge in [0.05, 0.1) is 23.6 Å². The molecule has 0 aliphatic heterocycles. The van der Waals surface area contributed by atoms with Crippen LogP contribution in [-0.4, -0.2) is 39.3 Å². The molecule has 0 aliphatic rings. The van der Waals surface area contributed by atoms with Crippen molar-refractivity contribution in [3.8, 4) is 11.5 Å². The molecule has 1 N–H and O–H groups in total. The number of aromatic nitrogens is 3. The molecule has 31 heavy (non-hydrogen) atoms. The monoisotopic (exact) mass is 441 g/mol. The van der Waals surface area contributed by atoms with Crippen LogP contribution < -0.4 is 0 Å². The van der Waals surface area contributed by atoms with E-state index in [1.54, 1.807) is 20.8 Å². The summed E-state index contributed by atoms with van der Waals surface area (Å²) < 4.78 is 10.6. The molecule has 7 nitrogen and oxygen atoms in total. The van der Waals surface area contributed by atoms with Crippen LogP contribution in [0.1, 0.15) is 65.4 Å². The van der Waals surface area contributed by atoms with Gasteiger partial charge in [0, 0.05) is 11.3 Å². The van der Waals surface area contributed by atoms with Crippen molar-refractivity contribution in [1.82, 2.24) is 15.2 Å². The number of hydrogen-bond acceptors (Lipinski definition) is 7. The number of Topliss-reactive ketones (excluding diaryl/α,β-unsaturated/α-hetero) is 1. The second-order valence-corrected chi connectivity index (χ2v) is 9.73. The highest BCUT2D eigenvalue weighted by atomic mass is 32.2. The summed E-state index contributed by atoms with van der Waals surface area (Å²) >= 11 is 1.18. The number of aryl methyl sites for hydroxylation is 1. The van der Waals surface area contributed by atoms with Gasteiger partial charge in [-0.2, -0.15) is 0 Å². The maximum absolute atomic E-state index is 13.0. The molecule has 1 atom stereocenters. The minimum absolute atomic E-state index is 0.0617. The van der Waals surface area contributed by atoms with E-state index in [1.807, 2.05) is 24.3 Å². The van der Waals surface area contributed by atoms with Crippen molar-refractivity contribution in [1.29, 1.82) is 0 Å². The summed E-state index contributed by atoms with van der Waals surface area (Å²) in [7, 11) is 1.32. The Labute approximate surface area is 186 Å². The average molecular weight is 442 g/mol. The number of hydrogen-bond donors (Lipinski definition) is 1. The predicted molar refractivity (Wildman–Crippen MR) is 120 cm³/mol. The third-order valence-electron chi connectivity index (χ3n) is 5.12. The van der Waals surface area contributed by atoms with Crippen LogP contribution in [0.3, 0.4) is 0 Å². The maximum atomic E-state index is 13.0. The molecule has 3 aromatic rings. The summed E-state index contributed by atoms with van der Waals surface area (Å²) in [6, 6.07) is 8.01. The fourth-order valence-corrected chi connectivity index (χ4v) is 4.04. The smallest absolute Gasteiger partial charge is 0.339 e. The molecule has 0 spiro atoms. The van der Waals surface area contributed by atoms with E-state index in [2.05, 4.69) is 36.0 Å². The first-order valence-corrected chi connectivity index (χ1v) is 10.8. The molecule has 0 amide bonds. The number of rotatable bonds is 6. The Morgan fingerprint density at radius 3 is 2.35 bits per heavy atom. The quantitative estimate of drug-likeness (QED) is 0.322. The Morgan fingerprint density at radius 1 is 1.13 bits per heavy atom. The number of ether oxygens (including phenoxy) is 1. The number of methoxy groups -OCH3 is 1. The van der Waals surface area contributed by atoms with Crippen LogP contribution in [0.4, 0.5) is 0 Å². The zero-order chi connectivity index (χ0) is 22.9. The minimum atomic E-state index is -0.487. The molecule has 2 heterocycles. The number of H-pyrrole nitrogens is 1. The van der Waals surface area contributed by atoms with Crippen molar-refractivity contribution in [3.63, 3.8) is 0 Å². The summed E-state index contributed by atoms with van der Waals surface area (Å²) in [5.74, 6) is -0.220. The number of nitrogens with zero attached hydrogens (tertiary/aromatic N) is 2. The van der Waals surface area contributed by atoms with Gasteiger partial charge in [0.15, 0.2) is 5.78 Å². The van der Waals surface area contributed by atoms with Crippen molar-refractivity contribution < 1.29 is 18.7 Å². The number of aromatic amines is 1. The number of thioether (sulfide) groups is 1. The summed E-state index contributed by atoms with van der Waals surface area (Å²) in [5.41, 5.74) is 4.05. The first kappa shape index (κ1) is 22.8. The second kappa shape index (κ2) is 8.70. The number of esters is 1. The fraction of sp³-hybridized carbons (Fsp3) is 0.391. The third kappa shape index (κ3) is 4.74. The lowest BCUT2D eigenvalue weighted by Crippen LogP contribution is -2.15. The average Bonchev–Trinajstić information content (AvgIpc) is 3.30. The molecular formula is C23H27N3O4S. The molecule has 0 saturated heterocycles. The molecule has 2 aromatic heterocycles. The third-order valence-corrected chi connectivity index (χ3v) is 6.06. The van der Waals surface area contributed by atoms with Crippen molar-refractivity contribution in [3.05, 3.63) is 52.3 Å². The van der Waals surface area contributed by atoms with Gasteiger partial charge in [-0.3, -0.25) is 4.79 Å². The number of carbonyl (C=O) groups is 2. The van der Waals surface area contributed by atoms with E-state index < -0.39 is 11.2 Å². The van der Waals surface area contributed by atoms with Crippen molar-refractivity contribution in [2.45, 2.75) is 57.4 Å². The van der Waals surface area contributed by atoms with E-state index in [0.29, 0.717) is 33.6 Å². The van der Waals surface area contributed by atoms with Gasteiger partial charge in [-0.15, -0.1) is 10.2 Å². The number of benzene rings is 1. The van der Waals surface area contributed by atoms with Gasteiger partial charge in [-0.25, -0.2) is 4.79 Å². The van der Waals surface area contributed by atoms with Crippen LogP contribution in [0.25, 0.3) is 11.5 Å². The van der Waals surface area contributed by atoms with E-state index in [-0.39, 0.29) is 11.2 Å². The second-order valence-electron chi connectivity index (χ2n) is 8.44. The zero-order valence-corrected chi connectivity index (χ0v) is 19.6. The highest BCUT2D eigenvalue weighted by molar-refractivity contribution is 8.00. The van der Waals surface area contributed by atoms with E-state index in [4.69, 9.17) is 9.15 Å². The summed E-state index contributed by atoms with van der Waals surface area (Å²) in [6.45, 7) is 11.7. The lowest BCUT2D eigenvalue weighted by Gasteiger charge is -2.18. The van der Waals surface area contributed by atoms with Crippen LogP contribution in [0.5, 0.6) is 0 Å². The molecule has 0 radical (unpaired) electrons. The fourth-order valence-electron chi connectivity index (χ4n) is 3.30. The molecule has 0 bridgehead atoms. The normalized spacial score (nSPS) is 12.6. The number of carbonyl (C=O) groups excluding carboxylic acids is 2. The maximum Gasteiger partial charge on any atom is 0.339 e. The van der Waals surface area contributed by atoms with Gasteiger partial charge in [0.1, 0.15) is 0 Å². The van der Waals surface area contributed by atoms with E-state index in [1.165, 1.54) is 24.4 Å². The van der Waals surface area contributed by atoms with Gasteiger partial charge in [-0.05, 0) is 49.4 Å². The van der Waals surface area contributed by atoms with Gasteiger partial charge in [-0.1, -0.05) is 44.7 Å². The zero-order valence-electron chi connectivity index (χ0n) is 18.8. The van der Waals surface area contributed by atoms with Gasteiger partial charge < -0.3 is 14.1 Å². The van der Waals surface area contributed by atoms with Crippen molar-refractivity contribution in [2.75, 3.05) is 7.11 Å². The molecule has 1 unspecified atom stereocenters. The van der Waals surface area contributed by atoms with E-state index >= 15 is 0 Å². The van der Waals surface area contributed by atoms with Crippen LogP contribution in [0, 0.1) is 13.8 Å². The highest BCUT2D eigenvalue weighted by Gasteiger charge is 2.27. The number of ketones is 1. The Kier molecular flexibility index (Phi) is 6.40. The molecular weight excluding hydrogens is 414 g/mol. The molecule has 0 saturated carbocycles. The van der Waals surface area contributed by atoms with Gasteiger partial charge in [0.25, 0.3) is 5.22 Å². The molecule has 164 valence electrons. The molecule has 1 aromatic carbocycles. The van der Waals surface area contributed by atoms with Crippen LogP contribution >= 0.6 is 11.8 Å². The Bertz CT molecular complexity index is 1110. The minimum Gasteiger partial charge on any atom is -0.465 e. The van der Waals surface area contributed by atoms with Gasteiger partial charge in [0.2, 0.25) is 5.89 Å². The molecule has 0 fully saturated rings. The first-order chi connectivity index (χ1) is 14.5. The van der Waals surface area contributed by atoms with Crippen molar-refractivity contribution >= 4 is 23.5 Å². The Hall–Kier alpha value is -2.87. The number of nitrogens with one attached hydrogen (secondary N) is 1. The first-order valence-electron chi connectivity index (χ1n) is 9.95. The van der Waals surface area contributed by atoms with Crippen LogP contribution in [0.15, 0.2) is 33.9 Å². The lowest BCUT2D eigenvalue weighted by atomic mass is 9.87. The van der Waals surface area contributed by atoms with E-state index in [0.717, 1.165) is 5.56 Å². The largest absolute Gasteiger partial charge is 0.465 e.